The van der Waals surface area contributed by atoms with E-state index in [0.717, 1.165) is 12.6 Å². The van der Waals surface area contributed by atoms with Crippen LogP contribution in [0.15, 0.2) is 0 Å². The zero-order valence-corrected chi connectivity index (χ0v) is 13.3. The molecule has 2 atom stereocenters. The van der Waals surface area contributed by atoms with Crippen LogP contribution in [0.4, 0.5) is 0 Å². The van der Waals surface area contributed by atoms with Gasteiger partial charge in [0.15, 0.2) is 0 Å². The van der Waals surface area contributed by atoms with Crippen LogP contribution < -0.4 is 5.32 Å². The summed E-state index contributed by atoms with van der Waals surface area (Å²) in [5.41, 5.74) is 0.444. The van der Waals surface area contributed by atoms with Crippen LogP contribution in [-0.2, 0) is 0 Å². The van der Waals surface area contributed by atoms with Crippen LogP contribution in [0.25, 0.3) is 0 Å². The Morgan fingerprint density at radius 2 is 1.89 bits per heavy atom. The van der Waals surface area contributed by atoms with Crippen molar-refractivity contribution in [1.82, 2.24) is 10.2 Å². The van der Waals surface area contributed by atoms with Crippen LogP contribution in [0.1, 0.15) is 66.7 Å². The minimum atomic E-state index is 0.444. The minimum Gasteiger partial charge on any atom is -0.312 e. The fourth-order valence-corrected chi connectivity index (χ4v) is 3.56. The average Bonchev–Trinajstić information content (AvgIpc) is 2.33. The lowest BCUT2D eigenvalue weighted by Crippen LogP contribution is -2.59. The highest BCUT2D eigenvalue weighted by Gasteiger charge is 2.40. The molecule has 1 saturated carbocycles. The van der Waals surface area contributed by atoms with Crippen LogP contribution >= 0.6 is 0 Å². The number of nitrogens with zero attached hydrogens (tertiary/aromatic N) is 1. The van der Waals surface area contributed by atoms with Gasteiger partial charge in [0.1, 0.15) is 0 Å². The Hall–Kier alpha value is -0.0800. The maximum atomic E-state index is 3.84. The third kappa shape index (κ3) is 3.96. The van der Waals surface area contributed by atoms with Gasteiger partial charge in [-0.25, -0.2) is 0 Å². The number of hydrogen-bond donors (Lipinski definition) is 1. The Bertz CT molecular complexity index is 225. The van der Waals surface area contributed by atoms with Crippen molar-refractivity contribution >= 4 is 0 Å². The maximum Gasteiger partial charge on any atom is 0.0274 e. The van der Waals surface area contributed by atoms with Crippen molar-refractivity contribution in [2.75, 3.05) is 19.6 Å². The zero-order chi connectivity index (χ0) is 13.6. The van der Waals surface area contributed by atoms with Gasteiger partial charge in [-0.15, -0.1) is 0 Å². The Labute approximate surface area is 115 Å². The Balaban J connectivity index is 2.76. The van der Waals surface area contributed by atoms with Gasteiger partial charge in [-0.05, 0) is 50.7 Å². The maximum absolute atomic E-state index is 3.84. The summed E-state index contributed by atoms with van der Waals surface area (Å²) in [6, 6.07) is 1.41. The van der Waals surface area contributed by atoms with Crippen molar-refractivity contribution in [1.29, 1.82) is 0 Å². The van der Waals surface area contributed by atoms with Crippen molar-refractivity contribution < 1.29 is 0 Å². The smallest absolute Gasteiger partial charge is 0.0274 e. The highest BCUT2D eigenvalue weighted by molar-refractivity contribution is 4.97. The molecule has 1 aliphatic rings. The molecule has 2 heteroatoms. The third-order valence-electron chi connectivity index (χ3n) is 4.55. The van der Waals surface area contributed by atoms with Gasteiger partial charge in [-0.1, -0.05) is 41.0 Å². The summed E-state index contributed by atoms with van der Waals surface area (Å²) in [7, 11) is 0. The van der Waals surface area contributed by atoms with E-state index in [0.29, 0.717) is 11.5 Å². The van der Waals surface area contributed by atoms with Crippen molar-refractivity contribution in [3.05, 3.63) is 0 Å². The molecule has 1 aliphatic carbocycles. The van der Waals surface area contributed by atoms with Crippen LogP contribution in [0, 0.1) is 5.41 Å². The van der Waals surface area contributed by atoms with Gasteiger partial charge < -0.3 is 5.32 Å². The molecule has 0 saturated heterocycles. The predicted molar refractivity (Wildman–Crippen MR) is 81.0 cm³/mol. The molecule has 0 radical (unpaired) electrons. The molecule has 0 aromatic heterocycles. The molecule has 18 heavy (non-hydrogen) atoms. The second kappa shape index (κ2) is 7.49. The summed E-state index contributed by atoms with van der Waals surface area (Å²) >= 11 is 0. The van der Waals surface area contributed by atoms with E-state index in [4.69, 9.17) is 0 Å². The molecular formula is C16H34N2. The number of nitrogens with one attached hydrogen (secondary N) is 1. The van der Waals surface area contributed by atoms with Crippen molar-refractivity contribution in [3.8, 4) is 0 Å². The first-order valence-electron chi connectivity index (χ1n) is 8.04. The van der Waals surface area contributed by atoms with Crippen LogP contribution in [0.5, 0.6) is 0 Å². The first kappa shape index (κ1) is 16.0. The molecule has 108 valence electrons. The molecule has 2 unspecified atom stereocenters. The van der Waals surface area contributed by atoms with Crippen LogP contribution in [0.3, 0.4) is 0 Å². The summed E-state index contributed by atoms with van der Waals surface area (Å²) in [5, 5.41) is 3.84. The molecule has 0 spiro atoms. The van der Waals surface area contributed by atoms with E-state index in [1.54, 1.807) is 0 Å². The number of rotatable bonds is 7. The van der Waals surface area contributed by atoms with Crippen molar-refractivity contribution in [2.24, 2.45) is 5.41 Å². The molecule has 1 N–H and O–H groups in total. The van der Waals surface area contributed by atoms with E-state index in [1.165, 1.54) is 45.2 Å². The number of hydrogen-bond acceptors (Lipinski definition) is 2. The van der Waals surface area contributed by atoms with Crippen molar-refractivity contribution in [3.63, 3.8) is 0 Å². The summed E-state index contributed by atoms with van der Waals surface area (Å²) in [6.45, 7) is 15.4. The number of likely N-dealkylation sites (N-methyl/N-ethyl adjacent to an activating group) is 1. The lowest BCUT2D eigenvalue weighted by molar-refractivity contribution is 0.0511. The first-order chi connectivity index (χ1) is 8.56. The first-order valence-corrected chi connectivity index (χ1v) is 8.04. The molecule has 0 amide bonds. The quantitative estimate of drug-likeness (QED) is 0.746. The van der Waals surface area contributed by atoms with Crippen molar-refractivity contribution in [2.45, 2.75) is 78.8 Å². The van der Waals surface area contributed by atoms with E-state index in [-0.39, 0.29) is 0 Å². The van der Waals surface area contributed by atoms with Gasteiger partial charge in [0, 0.05) is 12.1 Å². The van der Waals surface area contributed by atoms with Gasteiger partial charge in [0.2, 0.25) is 0 Å². The molecule has 0 aromatic carbocycles. The fourth-order valence-electron chi connectivity index (χ4n) is 3.56. The monoisotopic (exact) mass is 254 g/mol. The topological polar surface area (TPSA) is 15.3 Å². The van der Waals surface area contributed by atoms with Gasteiger partial charge in [-0.2, -0.15) is 0 Å². The molecule has 0 aromatic rings. The van der Waals surface area contributed by atoms with E-state index in [1.807, 2.05) is 0 Å². The normalized spacial score (nSPS) is 27.7. The van der Waals surface area contributed by atoms with Gasteiger partial charge in [-0.3, -0.25) is 4.90 Å². The molecule has 2 nitrogen and oxygen atoms in total. The molecule has 0 aliphatic heterocycles. The molecule has 1 fully saturated rings. The largest absolute Gasteiger partial charge is 0.312 e. The second-order valence-corrected chi connectivity index (χ2v) is 6.51. The van der Waals surface area contributed by atoms with Crippen LogP contribution in [0.2, 0.25) is 0 Å². The SMILES string of the molecule is CCCNC1C(N(CC)CCC)CCCC1(C)C. The van der Waals surface area contributed by atoms with E-state index < -0.39 is 0 Å². The molecule has 1 rings (SSSR count). The van der Waals surface area contributed by atoms with Gasteiger partial charge >= 0.3 is 0 Å². The second-order valence-electron chi connectivity index (χ2n) is 6.51. The molecular weight excluding hydrogens is 220 g/mol. The summed E-state index contributed by atoms with van der Waals surface area (Å²) in [5.74, 6) is 0. The molecule has 0 bridgehead atoms. The van der Waals surface area contributed by atoms with E-state index >= 15 is 0 Å². The summed E-state index contributed by atoms with van der Waals surface area (Å²) in [4.78, 5) is 2.70. The van der Waals surface area contributed by atoms with E-state index in [9.17, 15) is 0 Å². The highest BCUT2D eigenvalue weighted by atomic mass is 15.2. The Kier molecular flexibility index (Phi) is 6.65. The zero-order valence-electron chi connectivity index (χ0n) is 13.3. The fraction of sp³-hybridized carbons (Fsp3) is 1.00. The lowest BCUT2D eigenvalue weighted by Gasteiger charge is -2.48. The summed E-state index contributed by atoms with van der Waals surface area (Å²) < 4.78 is 0. The average molecular weight is 254 g/mol. The molecule has 0 heterocycles. The summed E-state index contributed by atoms with van der Waals surface area (Å²) in [6.07, 6.45) is 6.64. The Morgan fingerprint density at radius 1 is 1.17 bits per heavy atom. The van der Waals surface area contributed by atoms with Gasteiger partial charge in [0.25, 0.3) is 0 Å². The Morgan fingerprint density at radius 3 is 2.44 bits per heavy atom. The standard InChI is InChI=1S/C16H34N2/c1-6-12-17-15-14(18(8-3)13-7-2)10-9-11-16(15,4)5/h14-15,17H,6-13H2,1-5H3. The lowest BCUT2D eigenvalue weighted by atomic mass is 9.70. The highest BCUT2D eigenvalue weighted by Crippen LogP contribution is 2.37. The minimum absolute atomic E-state index is 0.444. The van der Waals surface area contributed by atoms with E-state index in [2.05, 4.69) is 44.8 Å². The van der Waals surface area contributed by atoms with Crippen LogP contribution in [-0.4, -0.2) is 36.6 Å². The van der Waals surface area contributed by atoms with Gasteiger partial charge in [0.05, 0.1) is 0 Å². The third-order valence-corrected chi connectivity index (χ3v) is 4.55. The predicted octanol–water partition coefficient (Wildman–Crippen LogP) is 3.67.